The molecule has 4 nitrogen and oxygen atoms in total. The summed E-state index contributed by atoms with van der Waals surface area (Å²) in [5, 5.41) is 4.13. The fourth-order valence-corrected chi connectivity index (χ4v) is 1.62. The molecule has 0 radical (unpaired) electrons. The van der Waals surface area contributed by atoms with Gasteiger partial charge in [0.1, 0.15) is 12.2 Å². The van der Waals surface area contributed by atoms with Crippen molar-refractivity contribution < 1.29 is 0 Å². The summed E-state index contributed by atoms with van der Waals surface area (Å²) < 4.78 is 1.99. The van der Waals surface area contributed by atoms with Gasteiger partial charge in [0.15, 0.2) is 0 Å². The second-order valence-corrected chi connectivity index (χ2v) is 3.18. The zero-order valence-corrected chi connectivity index (χ0v) is 9.40. The molecule has 0 saturated carbocycles. The van der Waals surface area contributed by atoms with Crippen molar-refractivity contribution in [3.8, 4) is 0 Å². The molecule has 2 heterocycles. The van der Waals surface area contributed by atoms with Crippen molar-refractivity contribution in [2.75, 3.05) is 13.1 Å². The van der Waals surface area contributed by atoms with Crippen molar-refractivity contribution in [3.63, 3.8) is 0 Å². The normalized spacial score (nSPS) is 15.6. The van der Waals surface area contributed by atoms with Crippen LogP contribution in [0.4, 0.5) is 0 Å². The van der Waals surface area contributed by atoms with Gasteiger partial charge in [0.2, 0.25) is 0 Å². The van der Waals surface area contributed by atoms with E-state index in [1.807, 2.05) is 18.5 Å². The average molecular weight is 196 g/mol. The van der Waals surface area contributed by atoms with Crippen LogP contribution in [-0.2, 0) is 13.1 Å². The van der Waals surface area contributed by atoms with Crippen LogP contribution >= 0.6 is 0 Å². The first-order chi connectivity index (χ1) is 6.90. The smallest absolute Gasteiger partial charge is 0.141 e. The number of fused-ring (bicyclic) bond motifs is 1. The van der Waals surface area contributed by atoms with E-state index in [1.165, 1.54) is 13.0 Å². The molecule has 0 saturated heterocycles. The Balaban J connectivity index is 0.000000461. The Hall–Kier alpha value is -0.900. The zero-order chi connectivity index (χ0) is 10.4. The molecule has 0 spiro atoms. The first-order valence-corrected chi connectivity index (χ1v) is 5.49. The molecule has 4 heteroatoms. The van der Waals surface area contributed by atoms with Crippen molar-refractivity contribution >= 4 is 0 Å². The first kappa shape index (κ1) is 11.2. The van der Waals surface area contributed by atoms with E-state index in [9.17, 15) is 0 Å². The van der Waals surface area contributed by atoms with Gasteiger partial charge in [0.05, 0.1) is 13.1 Å². The van der Waals surface area contributed by atoms with Gasteiger partial charge in [-0.1, -0.05) is 20.8 Å². The van der Waals surface area contributed by atoms with Crippen LogP contribution in [-0.4, -0.2) is 32.8 Å². The van der Waals surface area contributed by atoms with E-state index in [0.29, 0.717) is 0 Å². The summed E-state index contributed by atoms with van der Waals surface area (Å²) in [4.78, 5) is 6.62. The van der Waals surface area contributed by atoms with Crippen molar-refractivity contribution in [3.05, 3.63) is 12.2 Å². The molecule has 1 aromatic rings. The van der Waals surface area contributed by atoms with Crippen LogP contribution in [0.25, 0.3) is 0 Å². The first-order valence-electron chi connectivity index (χ1n) is 5.49. The summed E-state index contributed by atoms with van der Waals surface area (Å²) in [6, 6.07) is 0. The highest BCUT2D eigenvalue weighted by Crippen LogP contribution is 2.07. The molecule has 0 unspecified atom stereocenters. The highest BCUT2D eigenvalue weighted by molar-refractivity contribution is 4.88. The molecule has 1 aliphatic rings. The second-order valence-electron chi connectivity index (χ2n) is 3.18. The van der Waals surface area contributed by atoms with Crippen molar-refractivity contribution in [2.24, 2.45) is 0 Å². The Labute approximate surface area is 85.9 Å². The summed E-state index contributed by atoms with van der Waals surface area (Å²) in [5.74, 6) is 1.11. The van der Waals surface area contributed by atoms with Gasteiger partial charge in [-0.3, -0.25) is 4.90 Å². The van der Waals surface area contributed by atoms with Gasteiger partial charge in [-0.15, -0.1) is 0 Å². The lowest BCUT2D eigenvalue weighted by Crippen LogP contribution is -2.34. The van der Waals surface area contributed by atoms with E-state index in [4.69, 9.17) is 0 Å². The van der Waals surface area contributed by atoms with Crippen molar-refractivity contribution in [2.45, 2.75) is 40.3 Å². The van der Waals surface area contributed by atoms with Gasteiger partial charge in [0.25, 0.3) is 0 Å². The molecule has 14 heavy (non-hydrogen) atoms. The minimum absolute atomic E-state index is 0.966. The molecule has 0 aliphatic carbocycles. The summed E-state index contributed by atoms with van der Waals surface area (Å²) in [7, 11) is 0. The lowest BCUT2D eigenvalue weighted by Gasteiger charge is -2.25. The molecule has 1 aliphatic heterocycles. The number of nitrogens with zero attached hydrogens (tertiary/aromatic N) is 4. The molecule has 0 N–H and O–H groups in total. The van der Waals surface area contributed by atoms with Crippen LogP contribution in [0.15, 0.2) is 6.33 Å². The van der Waals surface area contributed by atoms with Crippen LogP contribution in [0, 0.1) is 0 Å². The highest BCUT2D eigenvalue weighted by atomic mass is 15.4. The fourth-order valence-electron chi connectivity index (χ4n) is 1.62. The number of aromatic nitrogens is 3. The molecular weight excluding hydrogens is 176 g/mol. The molecule has 0 aromatic carbocycles. The molecule has 0 amide bonds. The third kappa shape index (κ3) is 2.54. The average Bonchev–Trinajstić information content (AvgIpc) is 2.68. The van der Waals surface area contributed by atoms with Gasteiger partial charge in [-0.25, -0.2) is 9.67 Å². The lowest BCUT2D eigenvalue weighted by atomic mass is 10.3. The minimum atomic E-state index is 0.966. The van der Waals surface area contributed by atoms with Gasteiger partial charge in [-0.05, 0) is 13.0 Å². The second kappa shape index (κ2) is 5.75. The summed E-state index contributed by atoms with van der Waals surface area (Å²) >= 11 is 0. The van der Waals surface area contributed by atoms with E-state index in [2.05, 4.69) is 21.9 Å². The van der Waals surface area contributed by atoms with Crippen LogP contribution in [0.1, 0.15) is 33.0 Å². The largest absolute Gasteiger partial charge is 0.294 e. The lowest BCUT2D eigenvalue weighted by molar-refractivity contribution is 0.210. The monoisotopic (exact) mass is 196 g/mol. The van der Waals surface area contributed by atoms with Gasteiger partial charge >= 0.3 is 0 Å². The molecule has 2 rings (SSSR count). The molecule has 80 valence electrons. The van der Waals surface area contributed by atoms with Crippen LogP contribution < -0.4 is 0 Å². The number of hydrogen-bond donors (Lipinski definition) is 0. The van der Waals surface area contributed by atoms with Crippen molar-refractivity contribution in [1.82, 2.24) is 19.7 Å². The fraction of sp³-hybridized carbons (Fsp3) is 0.800. The van der Waals surface area contributed by atoms with E-state index in [1.54, 1.807) is 6.33 Å². The number of hydrogen-bond acceptors (Lipinski definition) is 3. The standard InChI is InChI=1S/C8H14N4.C2H6/c1-2-3-11-4-5-12-8(6-11)9-7-10-12;1-2/h7H,2-6H2,1H3;1-2H3. The van der Waals surface area contributed by atoms with Crippen LogP contribution in [0.5, 0.6) is 0 Å². The summed E-state index contributed by atoms with van der Waals surface area (Å²) in [6.07, 6.45) is 2.86. The maximum absolute atomic E-state index is 4.20. The number of rotatable bonds is 2. The van der Waals surface area contributed by atoms with Gasteiger partial charge in [0, 0.05) is 6.54 Å². The van der Waals surface area contributed by atoms with E-state index in [0.717, 1.165) is 25.5 Å². The zero-order valence-electron chi connectivity index (χ0n) is 9.40. The quantitative estimate of drug-likeness (QED) is 0.719. The molecule has 0 bridgehead atoms. The summed E-state index contributed by atoms with van der Waals surface area (Å²) in [5.41, 5.74) is 0. The Bertz CT molecular complexity index is 256. The summed E-state index contributed by atoms with van der Waals surface area (Å²) in [6.45, 7) is 10.5. The highest BCUT2D eigenvalue weighted by Gasteiger charge is 2.15. The van der Waals surface area contributed by atoms with E-state index >= 15 is 0 Å². The van der Waals surface area contributed by atoms with Gasteiger partial charge < -0.3 is 0 Å². The maximum Gasteiger partial charge on any atom is 0.141 e. The Morgan fingerprint density at radius 3 is 2.86 bits per heavy atom. The third-order valence-corrected chi connectivity index (χ3v) is 2.23. The van der Waals surface area contributed by atoms with Crippen LogP contribution in [0.2, 0.25) is 0 Å². The minimum Gasteiger partial charge on any atom is -0.294 e. The van der Waals surface area contributed by atoms with Crippen LogP contribution in [0.3, 0.4) is 0 Å². The van der Waals surface area contributed by atoms with Gasteiger partial charge in [-0.2, -0.15) is 5.10 Å². The third-order valence-electron chi connectivity index (χ3n) is 2.23. The Kier molecular flexibility index (Phi) is 4.59. The molecule has 0 atom stereocenters. The predicted octanol–water partition coefficient (Wildman–Crippen LogP) is 1.53. The Morgan fingerprint density at radius 1 is 1.36 bits per heavy atom. The molecule has 1 aromatic heterocycles. The molecular formula is C10H20N4. The SMILES string of the molecule is CC.CCCN1CCn2ncnc2C1. The van der Waals surface area contributed by atoms with Crippen molar-refractivity contribution in [1.29, 1.82) is 0 Å². The predicted molar refractivity (Wildman–Crippen MR) is 56.9 cm³/mol. The van der Waals surface area contributed by atoms with E-state index < -0.39 is 0 Å². The molecule has 0 fully saturated rings. The maximum atomic E-state index is 4.20. The topological polar surface area (TPSA) is 34.0 Å². The Morgan fingerprint density at radius 2 is 2.14 bits per heavy atom. The van der Waals surface area contributed by atoms with E-state index in [-0.39, 0.29) is 0 Å².